The molecule has 2 atom stereocenters. The van der Waals surface area contributed by atoms with Crippen molar-refractivity contribution in [3.63, 3.8) is 0 Å². The Hall–Kier alpha value is -0.740. The summed E-state index contributed by atoms with van der Waals surface area (Å²) in [5.41, 5.74) is 4.13. The normalized spacial score (nSPS) is 24.1. The van der Waals surface area contributed by atoms with Crippen LogP contribution in [-0.4, -0.2) is 35.1 Å². The van der Waals surface area contributed by atoms with Crippen molar-refractivity contribution in [3.8, 4) is 0 Å². The summed E-state index contributed by atoms with van der Waals surface area (Å²) in [5.74, 6) is 0.881. The van der Waals surface area contributed by atoms with Gasteiger partial charge in [-0.1, -0.05) is 11.6 Å². The molecule has 0 bridgehead atoms. The quantitative estimate of drug-likeness (QED) is 0.905. The van der Waals surface area contributed by atoms with E-state index in [2.05, 4.69) is 53.0 Å². The van der Waals surface area contributed by atoms with Crippen molar-refractivity contribution in [3.05, 3.63) is 35.5 Å². The number of halogens is 2. The summed E-state index contributed by atoms with van der Waals surface area (Å²) in [6.07, 6.45) is 1.36. The summed E-state index contributed by atoms with van der Waals surface area (Å²) in [6, 6.07) is 9.85. The maximum absolute atomic E-state index is 3.63. The van der Waals surface area contributed by atoms with Gasteiger partial charge in [0.2, 0.25) is 0 Å². The highest BCUT2D eigenvalue weighted by molar-refractivity contribution is 5.85. The molecule has 1 aromatic carbocycles. The van der Waals surface area contributed by atoms with E-state index in [1.54, 1.807) is 0 Å². The molecule has 1 N–H and O–H groups in total. The van der Waals surface area contributed by atoms with E-state index in [-0.39, 0.29) is 24.8 Å². The van der Waals surface area contributed by atoms with Gasteiger partial charge in [-0.15, -0.1) is 24.8 Å². The smallest absolute Gasteiger partial charge is 0.0480 e. The molecule has 0 amide bonds. The summed E-state index contributed by atoms with van der Waals surface area (Å²) >= 11 is 0. The van der Waals surface area contributed by atoms with Gasteiger partial charge in [-0.3, -0.25) is 4.90 Å². The molecule has 2 saturated heterocycles. The van der Waals surface area contributed by atoms with E-state index >= 15 is 0 Å². The van der Waals surface area contributed by atoms with Gasteiger partial charge in [-0.25, -0.2) is 0 Å². The lowest BCUT2D eigenvalue weighted by molar-refractivity contribution is 0.300. The zero-order valence-electron chi connectivity index (χ0n) is 13.2. The minimum Gasteiger partial charge on any atom is -0.346 e. The maximum atomic E-state index is 3.63. The van der Waals surface area contributed by atoms with Crippen LogP contribution < -0.4 is 5.32 Å². The predicted molar refractivity (Wildman–Crippen MR) is 97.3 cm³/mol. The van der Waals surface area contributed by atoms with Gasteiger partial charge in [0.25, 0.3) is 0 Å². The molecule has 2 aliphatic heterocycles. The molecule has 2 aromatic rings. The zero-order chi connectivity index (χ0) is 13.7. The van der Waals surface area contributed by atoms with Crippen LogP contribution in [-0.2, 0) is 13.6 Å². The van der Waals surface area contributed by atoms with E-state index in [9.17, 15) is 0 Å². The molecule has 3 heterocycles. The lowest BCUT2D eigenvalue weighted by Gasteiger charge is -2.17. The molecule has 0 saturated carbocycles. The Balaban J connectivity index is 0.000000882. The summed E-state index contributed by atoms with van der Waals surface area (Å²) < 4.78 is 2.36. The van der Waals surface area contributed by atoms with Crippen molar-refractivity contribution in [2.75, 3.05) is 19.6 Å². The van der Waals surface area contributed by atoms with Gasteiger partial charge in [-0.05, 0) is 44.0 Å². The van der Waals surface area contributed by atoms with Crippen LogP contribution in [0.5, 0.6) is 0 Å². The van der Waals surface area contributed by atoms with Gasteiger partial charge in [0.05, 0.1) is 0 Å². The summed E-state index contributed by atoms with van der Waals surface area (Å²) in [6.45, 7) is 6.94. The molecule has 22 heavy (non-hydrogen) atoms. The molecule has 122 valence electrons. The number of fused-ring (bicyclic) bond motifs is 2. The minimum atomic E-state index is 0. The molecule has 1 aromatic heterocycles. The van der Waals surface area contributed by atoms with Gasteiger partial charge in [0, 0.05) is 49.3 Å². The van der Waals surface area contributed by atoms with Crippen LogP contribution in [0.4, 0.5) is 0 Å². The highest BCUT2D eigenvalue weighted by atomic mass is 35.5. The van der Waals surface area contributed by atoms with E-state index in [1.165, 1.54) is 48.2 Å². The van der Waals surface area contributed by atoms with Crippen LogP contribution in [0.1, 0.15) is 17.7 Å². The Kier molecular flexibility index (Phi) is 5.44. The van der Waals surface area contributed by atoms with Crippen LogP contribution in [0.25, 0.3) is 10.9 Å². The molecule has 3 nitrogen and oxygen atoms in total. The molecular weight excluding hydrogens is 317 g/mol. The monoisotopic (exact) mass is 341 g/mol. The van der Waals surface area contributed by atoms with Crippen LogP contribution in [0, 0.1) is 12.8 Å². The first kappa shape index (κ1) is 17.6. The van der Waals surface area contributed by atoms with E-state index in [4.69, 9.17) is 0 Å². The second-order valence-corrected chi connectivity index (χ2v) is 6.56. The van der Waals surface area contributed by atoms with Crippen molar-refractivity contribution < 1.29 is 0 Å². The van der Waals surface area contributed by atoms with Gasteiger partial charge >= 0.3 is 0 Å². The number of rotatable bonds is 2. The lowest BCUT2D eigenvalue weighted by Crippen LogP contribution is -2.30. The molecule has 5 heteroatoms. The molecule has 0 aliphatic carbocycles. The van der Waals surface area contributed by atoms with E-state index < -0.39 is 0 Å². The SMILES string of the molecule is Cc1ccc2c(c1)cc(CN1C[C@@H]3CCN[C@@H]3C1)n2C.Cl.Cl. The summed E-state index contributed by atoms with van der Waals surface area (Å²) in [4.78, 5) is 2.61. The molecule has 2 aliphatic rings. The first-order valence-electron chi connectivity index (χ1n) is 7.71. The minimum absolute atomic E-state index is 0. The van der Waals surface area contributed by atoms with Gasteiger partial charge in [-0.2, -0.15) is 0 Å². The van der Waals surface area contributed by atoms with Crippen molar-refractivity contribution in [2.24, 2.45) is 13.0 Å². The number of aromatic nitrogens is 1. The van der Waals surface area contributed by atoms with Crippen LogP contribution in [0.2, 0.25) is 0 Å². The Morgan fingerprint density at radius 2 is 2.00 bits per heavy atom. The third-order valence-electron chi connectivity index (χ3n) is 5.12. The molecule has 0 radical (unpaired) electrons. The third kappa shape index (κ3) is 3.00. The summed E-state index contributed by atoms with van der Waals surface area (Å²) in [5, 5.41) is 5.01. The highest BCUT2D eigenvalue weighted by Crippen LogP contribution is 2.27. The number of hydrogen-bond donors (Lipinski definition) is 1. The number of nitrogens with one attached hydrogen (secondary N) is 1. The van der Waals surface area contributed by atoms with Crippen LogP contribution >= 0.6 is 24.8 Å². The average Bonchev–Trinajstić information content (AvgIpc) is 3.05. The molecule has 0 unspecified atom stereocenters. The highest BCUT2D eigenvalue weighted by Gasteiger charge is 2.35. The topological polar surface area (TPSA) is 20.2 Å². The first-order chi connectivity index (χ1) is 9.70. The van der Waals surface area contributed by atoms with Crippen LogP contribution in [0.3, 0.4) is 0 Å². The second kappa shape index (κ2) is 6.79. The number of aryl methyl sites for hydroxylation is 2. The second-order valence-electron chi connectivity index (χ2n) is 6.56. The Labute approximate surface area is 144 Å². The predicted octanol–water partition coefficient (Wildman–Crippen LogP) is 3.12. The molecule has 2 fully saturated rings. The Bertz CT molecular complexity index is 641. The molecule has 4 rings (SSSR count). The van der Waals surface area contributed by atoms with Crippen molar-refractivity contribution in [2.45, 2.75) is 25.9 Å². The maximum Gasteiger partial charge on any atom is 0.0480 e. The molecular formula is C17H25Cl2N3. The fourth-order valence-electron chi connectivity index (χ4n) is 3.97. The van der Waals surface area contributed by atoms with Crippen LogP contribution in [0.15, 0.2) is 24.3 Å². The van der Waals surface area contributed by atoms with E-state index in [0.717, 1.165) is 18.5 Å². The van der Waals surface area contributed by atoms with Gasteiger partial charge < -0.3 is 9.88 Å². The Morgan fingerprint density at radius 3 is 2.77 bits per heavy atom. The fraction of sp³-hybridized carbons (Fsp3) is 0.529. The van der Waals surface area contributed by atoms with Crippen molar-refractivity contribution in [1.29, 1.82) is 0 Å². The number of benzene rings is 1. The first-order valence-corrected chi connectivity index (χ1v) is 7.71. The molecule has 0 spiro atoms. The summed E-state index contributed by atoms with van der Waals surface area (Å²) in [7, 11) is 2.20. The lowest BCUT2D eigenvalue weighted by atomic mass is 10.1. The number of likely N-dealkylation sites (tertiary alicyclic amines) is 1. The van der Waals surface area contributed by atoms with E-state index in [0.29, 0.717) is 0 Å². The van der Waals surface area contributed by atoms with Gasteiger partial charge in [0.15, 0.2) is 0 Å². The Morgan fingerprint density at radius 1 is 1.18 bits per heavy atom. The third-order valence-corrected chi connectivity index (χ3v) is 5.12. The van der Waals surface area contributed by atoms with Crippen molar-refractivity contribution in [1.82, 2.24) is 14.8 Å². The fourth-order valence-corrected chi connectivity index (χ4v) is 3.97. The van der Waals surface area contributed by atoms with Crippen molar-refractivity contribution >= 4 is 35.7 Å². The number of nitrogens with zero attached hydrogens (tertiary/aromatic N) is 2. The largest absolute Gasteiger partial charge is 0.346 e. The van der Waals surface area contributed by atoms with E-state index in [1.807, 2.05) is 0 Å². The average molecular weight is 342 g/mol. The standard InChI is InChI=1S/C17H23N3.2ClH/c1-12-3-4-17-14(7-12)8-15(19(17)2)10-20-9-13-5-6-18-16(13)11-20;;/h3-4,7-8,13,16,18H,5-6,9-11H2,1-2H3;2*1H/t13-,16+;;/m0../s1. The van der Waals surface area contributed by atoms with Gasteiger partial charge in [0.1, 0.15) is 0 Å². The zero-order valence-corrected chi connectivity index (χ0v) is 14.8. The number of hydrogen-bond acceptors (Lipinski definition) is 2.